The number of rotatable bonds is 6. The van der Waals surface area contributed by atoms with Crippen LogP contribution in [0.25, 0.3) is 0 Å². The van der Waals surface area contributed by atoms with Crippen molar-refractivity contribution in [1.29, 1.82) is 0 Å². The highest BCUT2D eigenvalue weighted by atomic mass is 16.5. The highest BCUT2D eigenvalue weighted by Crippen LogP contribution is 2.27. The van der Waals surface area contributed by atoms with E-state index in [9.17, 15) is 4.79 Å². The summed E-state index contributed by atoms with van der Waals surface area (Å²) in [6, 6.07) is 5.65. The third kappa shape index (κ3) is 3.63. The molecule has 5 heteroatoms. The van der Waals surface area contributed by atoms with E-state index in [0.717, 1.165) is 5.56 Å². The first-order valence-corrected chi connectivity index (χ1v) is 5.68. The Morgan fingerprint density at radius 2 is 1.94 bits per heavy atom. The molecular weight excluding hydrogens is 234 g/mol. The molecule has 18 heavy (non-hydrogen) atoms. The summed E-state index contributed by atoms with van der Waals surface area (Å²) in [4.78, 5) is 12.7. The van der Waals surface area contributed by atoms with Crippen molar-refractivity contribution < 1.29 is 19.4 Å². The van der Waals surface area contributed by atoms with Gasteiger partial charge in [0.05, 0.1) is 14.2 Å². The molecule has 1 aromatic carbocycles. The van der Waals surface area contributed by atoms with Gasteiger partial charge in [0.25, 0.3) is 0 Å². The number of methoxy groups -OCH3 is 2. The second-order valence-electron chi connectivity index (χ2n) is 3.91. The van der Waals surface area contributed by atoms with Gasteiger partial charge in [0, 0.05) is 13.6 Å². The van der Waals surface area contributed by atoms with Gasteiger partial charge in [0.2, 0.25) is 5.91 Å². The lowest BCUT2D eigenvalue weighted by atomic mass is 10.1. The molecule has 0 atom stereocenters. The van der Waals surface area contributed by atoms with E-state index in [0.29, 0.717) is 24.5 Å². The maximum atomic E-state index is 11.2. The molecule has 0 aliphatic rings. The average molecular weight is 253 g/mol. The second kappa shape index (κ2) is 6.86. The minimum atomic E-state index is -0.456. The average Bonchev–Trinajstić information content (AvgIpc) is 2.43. The number of carbonyl (C=O) groups excluding carboxylic acids is 1. The van der Waals surface area contributed by atoms with Crippen LogP contribution in [0.15, 0.2) is 18.2 Å². The number of carbonyl (C=O) groups is 1. The fraction of sp³-hybridized carbons (Fsp3) is 0.462. The molecule has 0 heterocycles. The molecule has 0 bridgehead atoms. The Hall–Kier alpha value is -1.75. The topological polar surface area (TPSA) is 59.0 Å². The van der Waals surface area contributed by atoms with Crippen LogP contribution in [0.2, 0.25) is 0 Å². The molecule has 1 rings (SSSR count). The number of hydrogen-bond acceptors (Lipinski definition) is 4. The maximum absolute atomic E-state index is 11.2. The molecule has 0 unspecified atom stereocenters. The van der Waals surface area contributed by atoms with E-state index in [2.05, 4.69) is 0 Å². The third-order valence-corrected chi connectivity index (χ3v) is 2.74. The van der Waals surface area contributed by atoms with E-state index in [1.54, 1.807) is 21.3 Å². The SMILES string of the molecule is COc1ccc(CCN(C)C(=O)CO)cc1OC. The Bertz CT molecular complexity index is 406. The first kappa shape index (κ1) is 14.3. The molecule has 0 spiro atoms. The van der Waals surface area contributed by atoms with Crippen LogP contribution >= 0.6 is 0 Å². The van der Waals surface area contributed by atoms with Gasteiger partial charge in [0.15, 0.2) is 11.5 Å². The van der Waals surface area contributed by atoms with Crippen molar-refractivity contribution in [1.82, 2.24) is 4.90 Å². The standard InChI is InChI=1S/C13H19NO4/c1-14(13(16)9-15)7-6-10-4-5-11(17-2)12(8-10)18-3/h4-5,8,15H,6-7,9H2,1-3H3. The monoisotopic (exact) mass is 253 g/mol. The van der Waals surface area contributed by atoms with E-state index < -0.39 is 6.61 Å². The second-order valence-corrected chi connectivity index (χ2v) is 3.91. The van der Waals surface area contributed by atoms with Crippen molar-refractivity contribution >= 4 is 5.91 Å². The summed E-state index contributed by atoms with van der Waals surface area (Å²) >= 11 is 0. The van der Waals surface area contributed by atoms with E-state index >= 15 is 0 Å². The summed E-state index contributed by atoms with van der Waals surface area (Å²) in [6.07, 6.45) is 0.697. The Morgan fingerprint density at radius 1 is 1.28 bits per heavy atom. The van der Waals surface area contributed by atoms with Gasteiger partial charge >= 0.3 is 0 Å². The predicted molar refractivity (Wildman–Crippen MR) is 68.0 cm³/mol. The van der Waals surface area contributed by atoms with Gasteiger partial charge in [-0.15, -0.1) is 0 Å². The zero-order chi connectivity index (χ0) is 13.5. The fourth-order valence-electron chi connectivity index (χ4n) is 1.58. The zero-order valence-corrected chi connectivity index (χ0v) is 11.0. The van der Waals surface area contributed by atoms with Gasteiger partial charge in [-0.3, -0.25) is 4.79 Å². The number of benzene rings is 1. The van der Waals surface area contributed by atoms with Crippen LogP contribution in [0.3, 0.4) is 0 Å². The Kier molecular flexibility index (Phi) is 5.45. The molecular formula is C13H19NO4. The van der Waals surface area contributed by atoms with E-state index in [1.165, 1.54) is 4.90 Å². The number of aliphatic hydroxyl groups is 1. The van der Waals surface area contributed by atoms with Crippen LogP contribution in [0.4, 0.5) is 0 Å². The molecule has 0 aromatic heterocycles. The highest BCUT2D eigenvalue weighted by Gasteiger charge is 2.08. The van der Waals surface area contributed by atoms with Gasteiger partial charge in [-0.1, -0.05) is 6.07 Å². The van der Waals surface area contributed by atoms with E-state index in [1.807, 2.05) is 18.2 Å². The van der Waals surface area contributed by atoms with E-state index in [-0.39, 0.29) is 5.91 Å². The normalized spacial score (nSPS) is 10.0. The number of nitrogens with zero attached hydrogens (tertiary/aromatic N) is 1. The molecule has 1 amide bonds. The fourth-order valence-corrected chi connectivity index (χ4v) is 1.58. The van der Waals surface area contributed by atoms with Crippen LogP contribution in [0.5, 0.6) is 11.5 Å². The largest absolute Gasteiger partial charge is 0.493 e. The van der Waals surface area contributed by atoms with Gasteiger partial charge in [0.1, 0.15) is 6.61 Å². The summed E-state index contributed by atoms with van der Waals surface area (Å²) in [5, 5.41) is 8.73. The molecule has 0 aliphatic heterocycles. The minimum Gasteiger partial charge on any atom is -0.493 e. The molecule has 1 aromatic rings. The third-order valence-electron chi connectivity index (χ3n) is 2.74. The Morgan fingerprint density at radius 3 is 2.50 bits per heavy atom. The minimum absolute atomic E-state index is 0.282. The molecule has 0 aliphatic carbocycles. The van der Waals surface area contributed by atoms with Crippen molar-refractivity contribution in [3.8, 4) is 11.5 Å². The lowest BCUT2D eigenvalue weighted by molar-refractivity contribution is -0.132. The van der Waals surface area contributed by atoms with Gasteiger partial charge in [-0.25, -0.2) is 0 Å². The summed E-state index contributed by atoms with van der Waals surface area (Å²) in [7, 11) is 4.84. The lowest BCUT2D eigenvalue weighted by Crippen LogP contribution is -2.31. The first-order chi connectivity index (χ1) is 8.62. The van der Waals surface area contributed by atoms with Crippen molar-refractivity contribution in [2.24, 2.45) is 0 Å². The van der Waals surface area contributed by atoms with Crippen molar-refractivity contribution in [3.63, 3.8) is 0 Å². The number of hydrogen-bond donors (Lipinski definition) is 1. The highest BCUT2D eigenvalue weighted by molar-refractivity contribution is 5.76. The van der Waals surface area contributed by atoms with Crippen LogP contribution < -0.4 is 9.47 Å². The molecule has 1 N–H and O–H groups in total. The Balaban J connectivity index is 2.65. The Labute approximate surface area is 107 Å². The molecule has 100 valence electrons. The summed E-state index contributed by atoms with van der Waals surface area (Å²) in [5.41, 5.74) is 1.05. The van der Waals surface area contributed by atoms with Gasteiger partial charge in [-0.2, -0.15) is 0 Å². The summed E-state index contributed by atoms with van der Waals surface area (Å²) < 4.78 is 10.4. The van der Waals surface area contributed by atoms with Crippen molar-refractivity contribution in [2.75, 3.05) is 34.4 Å². The smallest absolute Gasteiger partial charge is 0.248 e. The van der Waals surface area contributed by atoms with Crippen LogP contribution in [-0.4, -0.2) is 50.3 Å². The zero-order valence-electron chi connectivity index (χ0n) is 11.0. The quantitative estimate of drug-likeness (QED) is 0.810. The number of ether oxygens (including phenoxy) is 2. The molecule has 0 fully saturated rings. The molecule has 0 saturated carbocycles. The van der Waals surface area contributed by atoms with Gasteiger partial charge in [-0.05, 0) is 24.1 Å². The number of amides is 1. The van der Waals surface area contributed by atoms with E-state index in [4.69, 9.17) is 14.6 Å². The molecule has 0 saturated heterocycles. The maximum Gasteiger partial charge on any atom is 0.248 e. The van der Waals surface area contributed by atoms with Crippen molar-refractivity contribution in [2.45, 2.75) is 6.42 Å². The van der Waals surface area contributed by atoms with Crippen LogP contribution in [0, 0.1) is 0 Å². The lowest BCUT2D eigenvalue weighted by Gasteiger charge is -2.16. The van der Waals surface area contributed by atoms with Crippen LogP contribution in [-0.2, 0) is 11.2 Å². The summed E-state index contributed by atoms with van der Waals surface area (Å²) in [5.74, 6) is 1.07. The predicted octanol–water partition coefficient (Wildman–Crippen LogP) is 0.697. The van der Waals surface area contributed by atoms with Crippen LogP contribution in [0.1, 0.15) is 5.56 Å². The number of aliphatic hydroxyl groups excluding tert-OH is 1. The van der Waals surface area contributed by atoms with Crippen molar-refractivity contribution in [3.05, 3.63) is 23.8 Å². The molecule has 5 nitrogen and oxygen atoms in total. The first-order valence-electron chi connectivity index (χ1n) is 5.68. The summed E-state index contributed by atoms with van der Waals surface area (Å²) in [6.45, 7) is 0.0946. The van der Waals surface area contributed by atoms with Gasteiger partial charge < -0.3 is 19.5 Å². The number of likely N-dealkylation sites (N-methyl/N-ethyl adjacent to an activating group) is 1. The molecule has 0 radical (unpaired) electrons.